The van der Waals surface area contributed by atoms with Gasteiger partial charge in [0.2, 0.25) is 0 Å². The van der Waals surface area contributed by atoms with Crippen molar-refractivity contribution in [2.45, 2.75) is 19.6 Å². The first-order valence-corrected chi connectivity index (χ1v) is 9.02. The zero-order chi connectivity index (χ0) is 18.8. The number of amides is 1. The van der Waals surface area contributed by atoms with E-state index in [1.165, 1.54) is 5.56 Å². The topological polar surface area (TPSA) is 41.6 Å². The Morgan fingerprint density at radius 1 is 1.00 bits per heavy atom. The van der Waals surface area contributed by atoms with Gasteiger partial charge in [0.15, 0.2) is 0 Å². The maximum atomic E-state index is 13.3. The maximum Gasteiger partial charge on any atom is 0.258 e. The smallest absolute Gasteiger partial charge is 0.258 e. The van der Waals surface area contributed by atoms with Gasteiger partial charge in [0.25, 0.3) is 5.91 Å². The minimum Gasteiger partial charge on any atom is -0.497 e. The van der Waals surface area contributed by atoms with Crippen molar-refractivity contribution in [1.82, 2.24) is 4.90 Å². The molecule has 4 heteroatoms. The van der Waals surface area contributed by atoms with Gasteiger partial charge in [-0.05, 0) is 42.3 Å². The van der Waals surface area contributed by atoms with Crippen molar-refractivity contribution in [2.24, 2.45) is 0 Å². The highest BCUT2D eigenvalue weighted by atomic mass is 16.5. The van der Waals surface area contributed by atoms with E-state index in [1.54, 1.807) is 7.11 Å². The minimum absolute atomic E-state index is 0.0257. The zero-order valence-electron chi connectivity index (χ0n) is 15.5. The summed E-state index contributed by atoms with van der Waals surface area (Å²) in [6.07, 6.45) is -0.260. The predicted octanol–water partition coefficient (Wildman–Crippen LogP) is 4.77. The molecule has 0 fully saturated rings. The van der Waals surface area contributed by atoms with Crippen LogP contribution in [0.15, 0.2) is 72.8 Å². The van der Waals surface area contributed by atoms with Crippen LogP contribution < -0.4 is 10.1 Å². The summed E-state index contributed by atoms with van der Waals surface area (Å²) in [5.41, 5.74) is 4.85. The second kappa shape index (κ2) is 7.16. The van der Waals surface area contributed by atoms with Crippen LogP contribution in [0, 0.1) is 6.92 Å². The minimum atomic E-state index is -0.260. The van der Waals surface area contributed by atoms with Crippen LogP contribution in [0.2, 0.25) is 0 Å². The van der Waals surface area contributed by atoms with E-state index in [9.17, 15) is 4.79 Å². The molecular weight excluding hydrogens is 336 g/mol. The number of ether oxygens (including phenoxy) is 1. The highest BCUT2D eigenvalue weighted by molar-refractivity contribution is 6.01. The number of nitrogens with one attached hydrogen (secondary N) is 1. The molecule has 4 nitrogen and oxygen atoms in total. The van der Waals surface area contributed by atoms with Crippen molar-refractivity contribution in [1.29, 1.82) is 0 Å². The molecule has 1 amide bonds. The van der Waals surface area contributed by atoms with Gasteiger partial charge in [0.05, 0.1) is 12.7 Å². The molecule has 1 heterocycles. The number of para-hydroxylation sites is 1. The normalized spacial score (nSPS) is 15.9. The number of aryl methyl sites for hydroxylation is 1. The van der Waals surface area contributed by atoms with Crippen molar-refractivity contribution in [3.05, 3.63) is 95.1 Å². The maximum absolute atomic E-state index is 13.3. The third-order valence-electron chi connectivity index (χ3n) is 4.91. The molecule has 0 radical (unpaired) electrons. The van der Waals surface area contributed by atoms with Gasteiger partial charge in [-0.15, -0.1) is 0 Å². The SMILES string of the molecule is COc1cccc([C@H]2Nc3ccccc3C(=O)N2Cc2ccc(C)cc2)c1. The van der Waals surface area contributed by atoms with E-state index in [4.69, 9.17) is 4.74 Å². The summed E-state index contributed by atoms with van der Waals surface area (Å²) >= 11 is 0. The average molecular weight is 358 g/mol. The van der Waals surface area contributed by atoms with Crippen molar-refractivity contribution in [3.63, 3.8) is 0 Å². The number of hydrogen-bond acceptors (Lipinski definition) is 3. The van der Waals surface area contributed by atoms with Crippen molar-refractivity contribution >= 4 is 11.6 Å². The molecule has 0 aliphatic carbocycles. The van der Waals surface area contributed by atoms with Crippen molar-refractivity contribution < 1.29 is 9.53 Å². The first-order valence-electron chi connectivity index (χ1n) is 9.02. The van der Waals surface area contributed by atoms with Gasteiger partial charge in [0, 0.05) is 12.2 Å². The Labute approximate surface area is 159 Å². The molecule has 0 unspecified atom stereocenters. The largest absolute Gasteiger partial charge is 0.497 e. The molecule has 27 heavy (non-hydrogen) atoms. The first kappa shape index (κ1) is 17.2. The van der Waals surface area contributed by atoms with Gasteiger partial charge in [-0.25, -0.2) is 0 Å². The number of benzene rings is 3. The molecule has 4 rings (SSSR count). The molecule has 1 N–H and O–H groups in total. The summed E-state index contributed by atoms with van der Waals surface area (Å²) in [5, 5.41) is 3.53. The van der Waals surface area contributed by atoms with Crippen LogP contribution >= 0.6 is 0 Å². The lowest BCUT2D eigenvalue weighted by molar-refractivity contribution is 0.0666. The zero-order valence-corrected chi connectivity index (χ0v) is 15.5. The Balaban J connectivity index is 1.75. The number of carbonyl (C=O) groups excluding carboxylic acids is 1. The highest BCUT2D eigenvalue weighted by Crippen LogP contribution is 2.35. The summed E-state index contributed by atoms with van der Waals surface area (Å²) in [4.78, 5) is 15.2. The lowest BCUT2D eigenvalue weighted by atomic mass is 10.0. The van der Waals surface area contributed by atoms with Crippen LogP contribution in [-0.2, 0) is 6.54 Å². The number of anilines is 1. The van der Waals surface area contributed by atoms with E-state index < -0.39 is 0 Å². The third kappa shape index (κ3) is 3.38. The Bertz CT molecular complexity index is 966. The monoisotopic (exact) mass is 358 g/mol. The Kier molecular flexibility index (Phi) is 4.55. The van der Waals surface area contributed by atoms with Crippen LogP contribution in [0.1, 0.15) is 33.2 Å². The Morgan fingerprint density at radius 3 is 2.56 bits per heavy atom. The molecule has 3 aromatic carbocycles. The van der Waals surface area contributed by atoms with Gasteiger partial charge in [-0.1, -0.05) is 54.1 Å². The van der Waals surface area contributed by atoms with Crippen LogP contribution in [0.3, 0.4) is 0 Å². The molecule has 1 aliphatic rings. The number of fused-ring (bicyclic) bond motifs is 1. The summed E-state index contributed by atoms with van der Waals surface area (Å²) in [6, 6.07) is 23.8. The first-order chi connectivity index (χ1) is 13.2. The van der Waals surface area contributed by atoms with Crippen LogP contribution in [0.5, 0.6) is 5.75 Å². The van der Waals surface area contributed by atoms with Gasteiger partial charge in [-0.3, -0.25) is 4.79 Å². The molecule has 1 atom stereocenters. The van der Waals surface area contributed by atoms with Gasteiger partial charge in [0.1, 0.15) is 11.9 Å². The molecule has 3 aromatic rings. The van der Waals surface area contributed by atoms with Crippen molar-refractivity contribution in [3.8, 4) is 5.75 Å². The summed E-state index contributed by atoms with van der Waals surface area (Å²) in [7, 11) is 1.65. The average Bonchev–Trinajstić information content (AvgIpc) is 2.71. The van der Waals surface area contributed by atoms with Crippen molar-refractivity contribution in [2.75, 3.05) is 12.4 Å². The van der Waals surface area contributed by atoms with Gasteiger partial charge in [-0.2, -0.15) is 0 Å². The number of nitrogens with zero attached hydrogens (tertiary/aromatic N) is 1. The summed E-state index contributed by atoms with van der Waals surface area (Å²) in [5.74, 6) is 0.800. The third-order valence-corrected chi connectivity index (χ3v) is 4.91. The van der Waals surface area contributed by atoms with E-state index in [1.807, 2.05) is 53.4 Å². The standard InChI is InChI=1S/C23H22N2O2/c1-16-10-12-17(13-11-16)15-25-22(18-6-5-7-19(14-18)27-2)24-21-9-4-3-8-20(21)23(25)26/h3-14,22,24H,15H2,1-2H3/t22-/m0/s1. The number of methoxy groups -OCH3 is 1. The second-order valence-corrected chi connectivity index (χ2v) is 6.79. The van der Waals surface area contributed by atoms with Gasteiger partial charge >= 0.3 is 0 Å². The lowest BCUT2D eigenvalue weighted by Crippen LogP contribution is -2.42. The molecule has 0 aromatic heterocycles. The second-order valence-electron chi connectivity index (χ2n) is 6.79. The fourth-order valence-corrected chi connectivity index (χ4v) is 3.42. The summed E-state index contributed by atoms with van der Waals surface area (Å²) in [6.45, 7) is 2.59. The van der Waals surface area contributed by atoms with Crippen LogP contribution in [0.4, 0.5) is 5.69 Å². The Morgan fingerprint density at radius 2 is 1.78 bits per heavy atom. The lowest BCUT2D eigenvalue weighted by Gasteiger charge is -2.38. The molecule has 136 valence electrons. The fourth-order valence-electron chi connectivity index (χ4n) is 3.42. The molecule has 0 spiro atoms. The van der Waals surface area contributed by atoms with Crippen LogP contribution in [0.25, 0.3) is 0 Å². The van der Waals surface area contributed by atoms with E-state index >= 15 is 0 Å². The van der Waals surface area contributed by atoms with E-state index in [0.29, 0.717) is 12.1 Å². The molecular formula is C23H22N2O2. The van der Waals surface area contributed by atoms with E-state index in [0.717, 1.165) is 22.6 Å². The molecule has 0 saturated carbocycles. The predicted molar refractivity (Wildman–Crippen MR) is 107 cm³/mol. The summed E-state index contributed by atoms with van der Waals surface area (Å²) < 4.78 is 5.38. The van der Waals surface area contributed by atoms with E-state index in [-0.39, 0.29) is 12.1 Å². The van der Waals surface area contributed by atoms with Crippen LogP contribution in [-0.4, -0.2) is 17.9 Å². The quantitative estimate of drug-likeness (QED) is 0.730. The number of rotatable bonds is 4. The Hall–Kier alpha value is -3.27. The molecule has 1 aliphatic heterocycles. The number of carbonyl (C=O) groups is 1. The highest BCUT2D eigenvalue weighted by Gasteiger charge is 2.32. The van der Waals surface area contributed by atoms with Gasteiger partial charge < -0.3 is 15.0 Å². The fraction of sp³-hybridized carbons (Fsp3) is 0.174. The van der Waals surface area contributed by atoms with E-state index in [2.05, 4.69) is 36.5 Å². The molecule has 0 bridgehead atoms. The molecule has 0 saturated heterocycles. The number of hydrogen-bond donors (Lipinski definition) is 1.